The number of aryl methyl sites for hydroxylation is 1. The number of nitrogens with zero attached hydrogens (tertiary/aromatic N) is 1. The van der Waals surface area contributed by atoms with Crippen molar-refractivity contribution < 1.29 is 9.53 Å². The summed E-state index contributed by atoms with van der Waals surface area (Å²) in [5, 5.41) is 3.65. The van der Waals surface area contributed by atoms with Crippen LogP contribution in [0.4, 0.5) is 0 Å². The van der Waals surface area contributed by atoms with Gasteiger partial charge in [-0.15, -0.1) is 0 Å². The lowest BCUT2D eigenvalue weighted by atomic mass is 9.78. The zero-order valence-electron chi connectivity index (χ0n) is 14.6. The molecule has 1 aromatic heterocycles. The Morgan fingerprint density at radius 2 is 2.21 bits per heavy atom. The van der Waals surface area contributed by atoms with E-state index in [1.54, 1.807) is 0 Å². The smallest absolute Gasteiger partial charge is 0.225 e. The van der Waals surface area contributed by atoms with Gasteiger partial charge in [-0.05, 0) is 50.7 Å². The molecular formula is C19H29N3O2. The number of pyridine rings is 1. The minimum absolute atomic E-state index is 0.189. The van der Waals surface area contributed by atoms with Crippen molar-refractivity contribution in [1.29, 1.82) is 0 Å². The first-order valence-corrected chi connectivity index (χ1v) is 9.13. The summed E-state index contributed by atoms with van der Waals surface area (Å²) in [6.07, 6.45) is 7.99. The van der Waals surface area contributed by atoms with Gasteiger partial charge >= 0.3 is 0 Å². The molecule has 1 saturated heterocycles. The topological polar surface area (TPSA) is 77.2 Å². The van der Waals surface area contributed by atoms with Crippen LogP contribution in [0.3, 0.4) is 0 Å². The molecule has 3 N–H and O–H groups in total. The third-order valence-electron chi connectivity index (χ3n) is 5.81. The Morgan fingerprint density at radius 3 is 2.92 bits per heavy atom. The molecule has 1 amide bonds. The number of aromatic nitrogens is 1. The van der Waals surface area contributed by atoms with Crippen LogP contribution in [0.1, 0.15) is 55.7 Å². The van der Waals surface area contributed by atoms with Crippen LogP contribution in [-0.2, 0) is 9.53 Å². The number of hydrogen-bond acceptors (Lipinski definition) is 4. The van der Waals surface area contributed by atoms with Gasteiger partial charge in [0.2, 0.25) is 5.91 Å². The van der Waals surface area contributed by atoms with Crippen LogP contribution < -0.4 is 11.1 Å². The average molecular weight is 331 g/mol. The van der Waals surface area contributed by atoms with Crippen molar-refractivity contribution in [1.82, 2.24) is 10.3 Å². The number of carbonyl (C=O) groups excluding carboxylic acids is 1. The summed E-state index contributed by atoms with van der Waals surface area (Å²) in [7, 11) is 0. The lowest BCUT2D eigenvalue weighted by molar-refractivity contribution is -0.133. The van der Waals surface area contributed by atoms with Crippen molar-refractivity contribution in [3.63, 3.8) is 0 Å². The minimum atomic E-state index is -0.438. The fourth-order valence-electron chi connectivity index (χ4n) is 4.16. The van der Waals surface area contributed by atoms with E-state index in [0.29, 0.717) is 31.7 Å². The lowest BCUT2D eigenvalue weighted by Crippen LogP contribution is -2.50. The second-order valence-electron chi connectivity index (χ2n) is 7.40. The largest absolute Gasteiger partial charge is 0.381 e. The highest BCUT2D eigenvalue weighted by atomic mass is 16.5. The van der Waals surface area contributed by atoms with E-state index in [1.807, 2.05) is 12.3 Å². The van der Waals surface area contributed by atoms with Crippen LogP contribution in [0.15, 0.2) is 18.3 Å². The number of hydrogen-bond donors (Lipinski definition) is 2. The quantitative estimate of drug-likeness (QED) is 0.868. The molecule has 24 heavy (non-hydrogen) atoms. The molecule has 1 aromatic rings. The molecule has 0 bridgehead atoms. The summed E-state index contributed by atoms with van der Waals surface area (Å²) in [5.41, 5.74) is 7.79. The molecule has 0 unspecified atom stereocenters. The van der Waals surface area contributed by atoms with Crippen LogP contribution in [-0.4, -0.2) is 36.7 Å². The Bertz CT molecular complexity index is 569. The second kappa shape index (κ2) is 7.62. The molecule has 132 valence electrons. The van der Waals surface area contributed by atoms with Crippen LogP contribution in [0.2, 0.25) is 0 Å². The Balaban J connectivity index is 1.61. The standard InChI is InChI=1S/C19H29N3O2/c1-14-4-3-9-21-17(14)15-5-2-6-16(12-15)22-13-19(18(20)23)7-10-24-11-8-19/h3-4,9,15-16,22H,2,5-8,10-13H2,1H3,(H2,20,23)/t15-,16-/m0/s1. The molecule has 1 aliphatic carbocycles. The number of ether oxygens (including phenoxy) is 1. The van der Waals surface area contributed by atoms with E-state index in [2.05, 4.69) is 23.3 Å². The van der Waals surface area contributed by atoms with Gasteiger partial charge < -0.3 is 15.8 Å². The third kappa shape index (κ3) is 3.78. The van der Waals surface area contributed by atoms with Crippen LogP contribution in [0.25, 0.3) is 0 Å². The molecule has 0 spiro atoms. The van der Waals surface area contributed by atoms with E-state index in [1.165, 1.54) is 24.1 Å². The molecule has 0 aromatic carbocycles. The molecule has 3 rings (SSSR count). The number of amides is 1. The molecule has 1 saturated carbocycles. The highest BCUT2D eigenvalue weighted by molar-refractivity contribution is 5.81. The SMILES string of the molecule is Cc1cccnc1[C@H]1CCC[C@H](NCC2(C(N)=O)CCOCC2)C1. The van der Waals surface area contributed by atoms with E-state index in [0.717, 1.165) is 25.7 Å². The summed E-state index contributed by atoms with van der Waals surface area (Å²) in [5.74, 6) is 0.322. The average Bonchev–Trinajstić information content (AvgIpc) is 2.61. The molecule has 2 atom stereocenters. The van der Waals surface area contributed by atoms with Gasteiger partial charge in [0.1, 0.15) is 0 Å². The summed E-state index contributed by atoms with van der Waals surface area (Å²) in [6.45, 7) is 4.07. The monoisotopic (exact) mass is 331 g/mol. The first kappa shape index (κ1) is 17.4. The van der Waals surface area contributed by atoms with E-state index >= 15 is 0 Å². The number of carbonyl (C=O) groups is 1. The Hall–Kier alpha value is -1.46. The number of primary amides is 1. The van der Waals surface area contributed by atoms with Crippen molar-refractivity contribution in [2.24, 2.45) is 11.1 Å². The first-order chi connectivity index (χ1) is 11.6. The van der Waals surface area contributed by atoms with Crippen molar-refractivity contribution in [3.05, 3.63) is 29.6 Å². The molecule has 2 heterocycles. The van der Waals surface area contributed by atoms with Gasteiger partial charge in [0.25, 0.3) is 0 Å². The maximum Gasteiger partial charge on any atom is 0.225 e. The van der Waals surface area contributed by atoms with Crippen molar-refractivity contribution in [2.45, 2.75) is 57.4 Å². The summed E-state index contributed by atoms with van der Waals surface area (Å²) in [6, 6.07) is 4.58. The molecule has 5 heteroatoms. The first-order valence-electron chi connectivity index (χ1n) is 9.13. The van der Waals surface area contributed by atoms with Gasteiger partial charge in [-0.25, -0.2) is 0 Å². The van der Waals surface area contributed by atoms with Gasteiger partial charge in [0.05, 0.1) is 5.41 Å². The van der Waals surface area contributed by atoms with E-state index in [-0.39, 0.29) is 5.91 Å². The predicted octanol–water partition coefficient (Wildman–Crippen LogP) is 2.29. The number of nitrogens with two attached hydrogens (primary N) is 1. The summed E-state index contributed by atoms with van der Waals surface area (Å²) < 4.78 is 5.41. The molecule has 5 nitrogen and oxygen atoms in total. The van der Waals surface area contributed by atoms with Gasteiger partial charge in [0.15, 0.2) is 0 Å². The van der Waals surface area contributed by atoms with Crippen molar-refractivity contribution >= 4 is 5.91 Å². The fraction of sp³-hybridized carbons (Fsp3) is 0.684. The maximum absolute atomic E-state index is 12.0. The predicted molar refractivity (Wildman–Crippen MR) is 93.7 cm³/mol. The normalized spacial score (nSPS) is 26.9. The van der Waals surface area contributed by atoms with Crippen LogP contribution in [0.5, 0.6) is 0 Å². The van der Waals surface area contributed by atoms with E-state index in [9.17, 15) is 4.79 Å². The lowest BCUT2D eigenvalue weighted by Gasteiger charge is -2.37. The zero-order valence-corrected chi connectivity index (χ0v) is 14.6. The zero-order chi connectivity index (χ0) is 17.0. The van der Waals surface area contributed by atoms with Crippen LogP contribution in [0, 0.1) is 12.3 Å². The van der Waals surface area contributed by atoms with Gasteiger partial charge in [-0.2, -0.15) is 0 Å². The molecular weight excluding hydrogens is 302 g/mol. The Kier molecular flexibility index (Phi) is 5.51. The third-order valence-corrected chi connectivity index (χ3v) is 5.81. The number of nitrogens with one attached hydrogen (secondary N) is 1. The number of rotatable bonds is 5. The van der Waals surface area contributed by atoms with Gasteiger partial charge in [-0.3, -0.25) is 9.78 Å². The Morgan fingerprint density at radius 1 is 1.42 bits per heavy atom. The second-order valence-corrected chi connectivity index (χ2v) is 7.40. The van der Waals surface area contributed by atoms with E-state index < -0.39 is 5.41 Å². The van der Waals surface area contributed by atoms with Gasteiger partial charge in [0, 0.05) is 43.6 Å². The highest BCUT2D eigenvalue weighted by Crippen LogP contribution is 2.35. The fourth-order valence-corrected chi connectivity index (χ4v) is 4.16. The molecule has 1 aliphatic heterocycles. The minimum Gasteiger partial charge on any atom is -0.381 e. The van der Waals surface area contributed by atoms with Crippen molar-refractivity contribution in [3.8, 4) is 0 Å². The molecule has 2 aliphatic rings. The van der Waals surface area contributed by atoms with Crippen LogP contribution >= 0.6 is 0 Å². The maximum atomic E-state index is 12.0. The van der Waals surface area contributed by atoms with Gasteiger partial charge in [-0.1, -0.05) is 12.5 Å². The van der Waals surface area contributed by atoms with E-state index in [4.69, 9.17) is 10.5 Å². The van der Waals surface area contributed by atoms with Crippen molar-refractivity contribution in [2.75, 3.05) is 19.8 Å². The molecule has 0 radical (unpaired) electrons. The summed E-state index contributed by atoms with van der Waals surface area (Å²) >= 11 is 0. The highest BCUT2D eigenvalue weighted by Gasteiger charge is 2.39. The molecule has 2 fully saturated rings. The Labute approximate surface area is 144 Å². The summed E-state index contributed by atoms with van der Waals surface area (Å²) in [4.78, 5) is 16.6.